The molecule has 0 aromatic heterocycles. The minimum atomic E-state index is 0.0770. The number of phenols is 1. The molecule has 2 unspecified atom stereocenters. The van der Waals surface area contributed by atoms with E-state index in [9.17, 15) is 10.2 Å². The molecule has 2 bridgehead atoms. The summed E-state index contributed by atoms with van der Waals surface area (Å²) in [6, 6.07) is 5.77. The third kappa shape index (κ3) is 1.98. The van der Waals surface area contributed by atoms with Crippen molar-refractivity contribution in [1.82, 2.24) is 9.91 Å². The summed E-state index contributed by atoms with van der Waals surface area (Å²) in [4.78, 5) is 2.50. The van der Waals surface area contributed by atoms with Crippen LogP contribution in [-0.4, -0.2) is 58.1 Å². The number of phenolic OH excluding ortho intramolecular Hbond substituents is 1. The second-order valence-corrected chi connectivity index (χ2v) is 6.43. The number of piperidine rings is 3. The molecule has 22 heavy (non-hydrogen) atoms. The van der Waals surface area contributed by atoms with E-state index in [-0.39, 0.29) is 24.4 Å². The van der Waals surface area contributed by atoms with Crippen LogP contribution in [0.25, 0.3) is 0 Å². The van der Waals surface area contributed by atoms with Gasteiger partial charge in [-0.2, -0.15) is 5.10 Å². The average Bonchev–Trinajstić information content (AvgIpc) is 2.93. The molecule has 5 rings (SSSR count). The Hall–Kier alpha value is -1.79. The maximum absolute atomic E-state index is 9.68. The highest BCUT2D eigenvalue weighted by Gasteiger charge is 2.49. The summed E-state index contributed by atoms with van der Waals surface area (Å²) in [6.45, 7) is 2.83. The zero-order valence-corrected chi connectivity index (χ0v) is 12.5. The Kier molecular flexibility index (Phi) is 3.23. The Balaban J connectivity index is 1.74. The van der Waals surface area contributed by atoms with E-state index >= 15 is 0 Å². The van der Waals surface area contributed by atoms with Gasteiger partial charge in [0.15, 0.2) is 0 Å². The Bertz CT molecular complexity index is 610. The van der Waals surface area contributed by atoms with E-state index < -0.39 is 0 Å². The van der Waals surface area contributed by atoms with E-state index in [4.69, 9.17) is 10.8 Å². The molecule has 3 saturated heterocycles. The van der Waals surface area contributed by atoms with Crippen LogP contribution >= 0.6 is 0 Å². The summed E-state index contributed by atoms with van der Waals surface area (Å²) >= 11 is 0. The van der Waals surface area contributed by atoms with Crippen molar-refractivity contribution in [2.24, 2.45) is 11.0 Å². The summed E-state index contributed by atoms with van der Waals surface area (Å²) in [5.74, 6) is 0.692. The quantitative estimate of drug-likeness (QED) is 0.567. The van der Waals surface area contributed by atoms with Crippen LogP contribution < -0.4 is 5.73 Å². The molecule has 0 saturated carbocycles. The minimum Gasteiger partial charge on any atom is -0.506 e. The van der Waals surface area contributed by atoms with Gasteiger partial charge in [0.25, 0.3) is 0 Å². The molecular weight excluding hydrogens is 280 g/mol. The van der Waals surface area contributed by atoms with Crippen molar-refractivity contribution in [2.45, 2.75) is 24.9 Å². The van der Waals surface area contributed by atoms with Gasteiger partial charge in [-0.15, -0.1) is 0 Å². The normalized spacial score (nSPS) is 33.0. The lowest BCUT2D eigenvalue weighted by Gasteiger charge is -2.46. The molecule has 3 fully saturated rings. The van der Waals surface area contributed by atoms with Crippen molar-refractivity contribution in [1.29, 1.82) is 0 Å². The number of hydrogen-bond donors (Lipinski definition) is 3. The first kappa shape index (κ1) is 13.8. The van der Waals surface area contributed by atoms with Gasteiger partial charge in [0.05, 0.1) is 36.6 Å². The predicted molar refractivity (Wildman–Crippen MR) is 84.6 cm³/mol. The molecule has 0 amide bonds. The molecule has 4 aliphatic heterocycles. The number of nitrogens with two attached hydrogens (primary N) is 1. The third-order valence-corrected chi connectivity index (χ3v) is 5.23. The van der Waals surface area contributed by atoms with E-state index in [1.165, 1.54) is 18.6 Å². The van der Waals surface area contributed by atoms with Gasteiger partial charge >= 0.3 is 0 Å². The van der Waals surface area contributed by atoms with Crippen LogP contribution in [0.2, 0.25) is 0 Å². The molecule has 1 aromatic rings. The molecule has 6 heteroatoms. The van der Waals surface area contributed by atoms with Gasteiger partial charge in [0.1, 0.15) is 5.75 Å². The van der Waals surface area contributed by atoms with E-state index in [1.807, 2.05) is 17.1 Å². The Labute approximate surface area is 129 Å². The number of hydrazone groups is 1. The number of aromatic hydroxyl groups is 1. The SMILES string of the molecule is Nc1cc(C2C3C(=NN2CCO)C2CCN3CC2)ccc1O. The zero-order valence-electron chi connectivity index (χ0n) is 12.5. The molecule has 1 aromatic carbocycles. The first-order valence-electron chi connectivity index (χ1n) is 7.97. The molecule has 0 aliphatic carbocycles. The van der Waals surface area contributed by atoms with E-state index in [1.54, 1.807) is 6.07 Å². The fourth-order valence-electron chi connectivity index (χ4n) is 4.18. The highest BCUT2D eigenvalue weighted by molar-refractivity contribution is 5.95. The number of rotatable bonds is 3. The Morgan fingerprint density at radius 1 is 1.23 bits per heavy atom. The summed E-state index contributed by atoms with van der Waals surface area (Å²) in [6.07, 6.45) is 2.37. The van der Waals surface area contributed by atoms with Gasteiger partial charge < -0.3 is 15.9 Å². The molecule has 2 atom stereocenters. The molecular formula is C16H22N4O2. The van der Waals surface area contributed by atoms with Crippen molar-refractivity contribution in [3.8, 4) is 5.75 Å². The third-order valence-electron chi connectivity index (χ3n) is 5.23. The van der Waals surface area contributed by atoms with Crippen LogP contribution in [0.5, 0.6) is 5.75 Å². The number of hydrogen-bond acceptors (Lipinski definition) is 6. The standard InChI is InChI=1S/C16H22N4O2/c17-12-9-11(1-2-13(12)22)15-16-14(18-20(15)7-8-21)10-3-5-19(16)6-4-10/h1-2,9-10,15-16,21-22H,3-8,17H2. The molecule has 4 heterocycles. The highest BCUT2D eigenvalue weighted by Crippen LogP contribution is 2.43. The minimum absolute atomic E-state index is 0.0770. The van der Waals surface area contributed by atoms with Gasteiger partial charge in [-0.25, -0.2) is 0 Å². The van der Waals surface area contributed by atoms with Crippen LogP contribution in [-0.2, 0) is 0 Å². The Morgan fingerprint density at radius 3 is 2.68 bits per heavy atom. The highest BCUT2D eigenvalue weighted by atomic mass is 16.3. The van der Waals surface area contributed by atoms with Crippen molar-refractivity contribution in [3.05, 3.63) is 23.8 Å². The van der Waals surface area contributed by atoms with Gasteiger partial charge in [-0.3, -0.25) is 9.91 Å². The number of anilines is 1. The molecule has 0 radical (unpaired) electrons. The van der Waals surface area contributed by atoms with Gasteiger partial charge in [0.2, 0.25) is 0 Å². The lowest BCUT2D eigenvalue weighted by Crippen LogP contribution is -2.56. The summed E-state index contributed by atoms with van der Waals surface area (Å²) in [5, 5.41) is 25.9. The topological polar surface area (TPSA) is 85.3 Å². The van der Waals surface area contributed by atoms with Crippen LogP contribution in [0.15, 0.2) is 23.3 Å². The van der Waals surface area contributed by atoms with Crippen LogP contribution in [0, 0.1) is 5.92 Å². The fourth-order valence-corrected chi connectivity index (χ4v) is 4.18. The lowest BCUT2D eigenvalue weighted by molar-refractivity contribution is 0.0874. The fraction of sp³-hybridized carbons (Fsp3) is 0.562. The van der Waals surface area contributed by atoms with Crippen LogP contribution in [0.1, 0.15) is 24.4 Å². The number of β-amino-alcohol motifs (C(OH)–C–C–N with tert-alkyl or cyclic N) is 1. The van der Waals surface area contributed by atoms with E-state index in [0.717, 1.165) is 18.7 Å². The van der Waals surface area contributed by atoms with E-state index in [2.05, 4.69) is 4.90 Å². The van der Waals surface area contributed by atoms with Gasteiger partial charge in [0, 0.05) is 5.92 Å². The smallest absolute Gasteiger partial charge is 0.138 e. The molecule has 4 aliphatic rings. The second kappa shape index (κ2) is 5.14. The number of aliphatic hydroxyl groups excluding tert-OH is 1. The largest absolute Gasteiger partial charge is 0.506 e. The number of nitrogen functional groups attached to an aromatic ring is 1. The summed E-state index contributed by atoms with van der Waals surface area (Å²) in [7, 11) is 0. The maximum Gasteiger partial charge on any atom is 0.138 e. The van der Waals surface area contributed by atoms with Crippen molar-refractivity contribution >= 4 is 11.4 Å². The molecule has 4 N–H and O–H groups in total. The first-order valence-corrected chi connectivity index (χ1v) is 7.97. The van der Waals surface area contributed by atoms with Gasteiger partial charge in [-0.1, -0.05) is 6.07 Å². The number of benzene rings is 1. The van der Waals surface area contributed by atoms with Crippen molar-refractivity contribution < 1.29 is 10.2 Å². The molecule has 118 valence electrons. The number of fused-ring (bicyclic) bond motifs is 2. The zero-order chi connectivity index (χ0) is 15.3. The number of nitrogens with zero attached hydrogens (tertiary/aromatic N) is 3. The number of aliphatic hydroxyl groups is 1. The lowest BCUT2D eigenvalue weighted by atomic mass is 9.78. The second-order valence-electron chi connectivity index (χ2n) is 6.43. The van der Waals surface area contributed by atoms with Gasteiger partial charge in [-0.05, 0) is 43.6 Å². The predicted octanol–water partition coefficient (Wildman–Crippen LogP) is 0.774. The van der Waals surface area contributed by atoms with Crippen molar-refractivity contribution in [2.75, 3.05) is 32.0 Å². The first-order chi connectivity index (χ1) is 10.7. The average molecular weight is 302 g/mol. The maximum atomic E-state index is 9.68. The summed E-state index contributed by atoms with van der Waals surface area (Å²) in [5.41, 5.74) is 8.60. The van der Waals surface area contributed by atoms with Crippen molar-refractivity contribution in [3.63, 3.8) is 0 Å². The monoisotopic (exact) mass is 302 g/mol. The summed E-state index contributed by atoms with van der Waals surface area (Å²) < 4.78 is 0. The van der Waals surface area contributed by atoms with Crippen LogP contribution in [0.4, 0.5) is 5.69 Å². The molecule has 0 spiro atoms. The Morgan fingerprint density at radius 2 is 2.00 bits per heavy atom. The molecule has 6 nitrogen and oxygen atoms in total. The van der Waals surface area contributed by atoms with E-state index in [0.29, 0.717) is 18.2 Å². The van der Waals surface area contributed by atoms with Crippen LogP contribution in [0.3, 0.4) is 0 Å².